The molecule has 0 aromatic heterocycles. The zero-order valence-corrected chi connectivity index (χ0v) is 19.0. The first-order chi connectivity index (χ1) is 12.1. The number of benzene rings is 1. The van der Waals surface area contributed by atoms with Crippen molar-refractivity contribution in [1.29, 1.82) is 0 Å². The van der Waals surface area contributed by atoms with Gasteiger partial charge in [-0.2, -0.15) is 0 Å². The maximum absolute atomic E-state index is 5.17. The van der Waals surface area contributed by atoms with Crippen LogP contribution in [0.3, 0.4) is 0 Å². The van der Waals surface area contributed by atoms with Crippen LogP contribution in [0.4, 0.5) is 0 Å². The van der Waals surface area contributed by atoms with Crippen molar-refractivity contribution in [2.75, 3.05) is 46.9 Å². The lowest BCUT2D eigenvalue weighted by Gasteiger charge is -2.32. The van der Waals surface area contributed by atoms with E-state index in [0.717, 1.165) is 38.1 Å². The first-order valence-corrected chi connectivity index (χ1v) is 9.34. The van der Waals surface area contributed by atoms with Crippen LogP contribution in [0.1, 0.15) is 29.5 Å². The van der Waals surface area contributed by atoms with Crippen LogP contribution < -0.4 is 10.6 Å². The first kappa shape index (κ1) is 23.2. The zero-order chi connectivity index (χ0) is 18.1. The molecule has 1 aromatic carbocycles. The van der Waals surface area contributed by atoms with E-state index in [4.69, 9.17) is 4.74 Å². The quantitative estimate of drug-likeness (QED) is 0.363. The Bertz CT molecular complexity index is 557. The van der Waals surface area contributed by atoms with Crippen LogP contribution in [0.25, 0.3) is 0 Å². The third-order valence-corrected chi connectivity index (χ3v) is 5.04. The summed E-state index contributed by atoms with van der Waals surface area (Å²) < 4.78 is 5.17. The average Bonchev–Trinajstić information content (AvgIpc) is 2.62. The number of aliphatic imine (C=N–C) groups is 1. The Hall–Kier alpha value is -0.860. The molecule has 1 aliphatic heterocycles. The molecule has 0 spiro atoms. The summed E-state index contributed by atoms with van der Waals surface area (Å²) in [4.78, 5) is 6.85. The van der Waals surface area contributed by atoms with E-state index in [-0.39, 0.29) is 24.0 Å². The summed E-state index contributed by atoms with van der Waals surface area (Å²) in [5.41, 5.74) is 3.95. The highest BCUT2D eigenvalue weighted by Gasteiger charge is 2.18. The van der Waals surface area contributed by atoms with Gasteiger partial charge in [0.2, 0.25) is 0 Å². The van der Waals surface area contributed by atoms with Gasteiger partial charge in [-0.05, 0) is 56.8 Å². The Morgan fingerprint density at radius 2 is 1.96 bits per heavy atom. The number of aryl methyl sites for hydroxylation is 2. The van der Waals surface area contributed by atoms with E-state index in [1.165, 1.54) is 42.6 Å². The maximum Gasteiger partial charge on any atom is 0.191 e. The lowest BCUT2D eigenvalue weighted by Crippen LogP contribution is -2.43. The number of guanidine groups is 1. The molecular weight excluding hydrogens is 439 g/mol. The number of nitrogens with zero attached hydrogens (tertiary/aromatic N) is 2. The molecule has 0 bridgehead atoms. The molecule has 1 aromatic rings. The van der Waals surface area contributed by atoms with Gasteiger partial charge in [0.15, 0.2) is 5.96 Å². The molecule has 6 heteroatoms. The van der Waals surface area contributed by atoms with Gasteiger partial charge in [0.05, 0.1) is 6.61 Å². The van der Waals surface area contributed by atoms with Crippen molar-refractivity contribution in [2.45, 2.75) is 33.2 Å². The Kier molecular flexibility index (Phi) is 11.2. The van der Waals surface area contributed by atoms with Crippen LogP contribution in [0, 0.1) is 19.8 Å². The molecular formula is C20H35IN4O. The molecule has 0 unspecified atom stereocenters. The second kappa shape index (κ2) is 12.5. The SMILES string of the molecule is CN=C(NCc1ccc(C)cc1C)NCC1CCN(CCOC)CC1.I. The van der Waals surface area contributed by atoms with Crippen molar-refractivity contribution in [3.8, 4) is 0 Å². The van der Waals surface area contributed by atoms with Crippen LogP contribution >= 0.6 is 24.0 Å². The third kappa shape index (κ3) is 7.80. The molecule has 1 saturated heterocycles. The lowest BCUT2D eigenvalue weighted by molar-refractivity contribution is 0.121. The van der Waals surface area contributed by atoms with Gasteiger partial charge < -0.3 is 20.3 Å². The molecule has 1 aliphatic rings. The standard InChI is InChI=1S/C20H34N4O.HI/c1-16-5-6-19(17(2)13-16)15-23-20(21-3)22-14-18-7-9-24(10-8-18)11-12-25-4;/h5-6,13,18H,7-12,14-15H2,1-4H3,(H2,21,22,23);1H. The van der Waals surface area contributed by atoms with Crippen molar-refractivity contribution in [3.63, 3.8) is 0 Å². The molecule has 1 heterocycles. The maximum atomic E-state index is 5.17. The highest BCUT2D eigenvalue weighted by Crippen LogP contribution is 2.16. The van der Waals surface area contributed by atoms with Crippen LogP contribution in [0.15, 0.2) is 23.2 Å². The molecule has 5 nitrogen and oxygen atoms in total. The topological polar surface area (TPSA) is 48.9 Å². The predicted molar refractivity (Wildman–Crippen MR) is 121 cm³/mol. The van der Waals surface area contributed by atoms with Gasteiger partial charge >= 0.3 is 0 Å². The van der Waals surface area contributed by atoms with E-state index >= 15 is 0 Å². The molecule has 1 fully saturated rings. The molecule has 2 rings (SSSR count). The summed E-state index contributed by atoms with van der Waals surface area (Å²) in [5.74, 6) is 1.61. The number of likely N-dealkylation sites (tertiary alicyclic amines) is 1. The van der Waals surface area contributed by atoms with Crippen LogP contribution in [0.5, 0.6) is 0 Å². The number of piperidine rings is 1. The van der Waals surface area contributed by atoms with Crippen molar-refractivity contribution in [1.82, 2.24) is 15.5 Å². The highest BCUT2D eigenvalue weighted by molar-refractivity contribution is 14.0. The number of nitrogens with one attached hydrogen (secondary N) is 2. The van der Waals surface area contributed by atoms with Crippen molar-refractivity contribution in [3.05, 3.63) is 34.9 Å². The van der Waals surface area contributed by atoms with E-state index in [1.54, 1.807) is 7.11 Å². The van der Waals surface area contributed by atoms with Crippen molar-refractivity contribution < 1.29 is 4.74 Å². The highest BCUT2D eigenvalue weighted by atomic mass is 127. The lowest BCUT2D eigenvalue weighted by atomic mass is 9.97. The predicted octanol–water partition coefficient (Wildman–Crippen LogP) is 2.94. The number of halogens is 1. The summed E-state index contributed by atoms with van der Waals surface area (Å²) in [5, 5.41) is 6.93. The van der Waals surface area contributed by atoms with E-state index in [0.29, 0.717) is 0 Å². The Morgan fingerprint density at radius 1 is 1.23 bits per heavy atom. The zero-order valence-electron chi connectivity index (χ0n) is 16.7. The summed E-state index contributed by atoms with van der Waals surface area (Å²) in [6.45, 7) is 10.3. The van der Waals surface area contributed by atoms with Crippen LogP contribution in [0.2, 0.25) is 0 Å². The first-order valence-electron chi connectivity index (χ1n) is 9.34. The number of ether oxygens (including phenoxy) is 1. The Balaban J connectivity index is 0.00000338. The molecule has 2 N–H and O–H groups in total. The van der Waals surface area contributed by atoms with Gasteiger partial charge in [0.1, 0.15) is 0 Å². The van der Waals surface area contributed by atoms with Gasteiger partial charge in [-0.3, -0.25) is 4.99 Å². The average molecular weight is 474 g/mol. The molecule has 0 atom stereocenters. The molecule has 0 radical (unpaired) electrons. The van der Waals surface area contributed by atoms with Crippen molar-refractivity contribution in [2.24, 2.45) is 10.9 Å². The van der Waals surface area contributed by atoms with E-state index in [9.17, 15) is 0 Å². The normalized spacial score (nSPS) is 16.2. The van der Waals surface area contributed by atoms with Crippen LogP contribution in [-0.2, 0) is 11.3 Å². The van der Waals surface area contributed by atoms with Crippen molar-refractivity contribution >= 4 is 29.9 Å². The van der Waals surface area contributed by atoms with Gasteiger partial charge in [-0.25, -0.2) is 0 Å². The minimum Gasteiger partial charge on any atom is -0.383 e. The number of hydrogen-bond acceptors (Lipinski definition) is 3. The summed E-state index contributed by atoms with van der Waals surface area (Å²) in [7, 11) is 3.61. The second-order valence-electron chi connectivity index (χ2n) is 7.01. The Labute approximate surface area is 176 Å². The van der Waals surface area contributed by atoms with Gasteiger partial charge in [0, 0.05) is 33.8 Å². The number of hydrogen-bond donors (Lipinski definition) is 2. The number of rotatable bonds is 7. The fourth-order valence-electron chi connectivity index (χ4n) is 3.32. The largest absolute Gasteiger partial charge is 0.383 e. The monoisotopic (exact) mass is 474 g/mol. The smallest absolute Gasteiger partial charge is 0.191 e. The molecule has 0 aliphatic carbocycles. The molecule has 148 valence electrons. The molecule has 26 heavy (non-hydrogen) atoms. The molecule has 0 saturated carbocycles. The fraction of sp³-hybridized carbons (Fsp3) is 0.650. The fourth-order valence-corrected chi connectivity index (χ4v) is 3.32. The van der Waals surface area contributed by atoms with Crippen LogP contribution in [-0.4, -0.2) is 57.8 Å². The van der Waals surface area contributed by atoms with E-state index < -0.39 is 0 Å². The van der Waals surface area contributed by atoms with E-state index in [1.807, 2.05) is 7.05 Å². The minimum absolute atomic E-state index is 0. The van der Waals surface area contributed by atoms with Gasteiger partial charge in [-0.15, -0.1) is 24.0 Å². The van der Waals surface area contributed by atoms with Gasteiger partial charge in [0.25, 0.3) is 0 Å². The van der Waals surface area contributed by atoms with Gasteiger partial charge in [-0.1, -0.05) is 23.8 Å². The third-order valence-electron chi connectivity index (χ3n) is 5.04. The summed E-state index contributed by atoms with van der Waals surface area (Å²) in [6, 6.07) is 6.59. The van der Waals surface area contributed by atoms with E-state index in [2.05, 4.69) is 52.6 Å². The Morgan fingerprint density at radius 3 is 2.58 bits per heavy atom. The summed E-state index contributed by atoms with van der Waals surface area (Å²) >= 11 is 0. The second-order valence-corrected chi connectivity index (χ2v) is 7.01. The summed E-state index contributed by atoms with van der Waals surface area (Å²) in [6.07, 6.45) is 2.48. The molecule has 0 amide bonds. The number of methoxy groups -OCH3 is 1. The minimum atomic E-state index is 0.